The molecular formula is C34H40O4. The van der Waals surface area contributed by atoms with E-state index in [9.17, 15) is 4.79 Å². The smallest absolute Gasteiger partial charge is 0.333 e. The fourth-order valence-corrected chi connectivity index (χ4v) is 5.51. The number of hydrogen-bond donors (Lipinski definition) is 1. The summed E-state index contributed by atoms with van der Waals surface area (Å²) in [4.78, 5) is 11.7. The molecule has 1 aliphatic rings. The van der Waals surface area contributed by atoms with Crippen LogP contribution in [0.3, 0.4) is 0 Å². The van der Waals surface area contributed by atoms with Crippen LogP contribution in [-0.2, 0) is 16.0 Å². The van der Waals surface area contributed by atoms with Crippen molar-refractivity contribution in [1.82, 2.24) is 0 Å². The minimum Gasteiger partial charge on any atom is -0.491 e. The SMILES string of the molecule is C=C(C)C(=O)OCCc1cc(C2CCC(c3ccc(-c4ccc(OCCO)cc4)c(C)c3)CC2)ccc1C. The number of aliphatic hydroxyl groups excluding tert-OH is 1. The van der Waals surface area contributed by atoms with Crippen molar-refractivity contribution in [2.24, 2.45) is 0 Å². The number of rotatable bonds is 10. The van der Waals surface area contributed by atoms with Gasteiger partial charge in [-0.25, -0.2) is 4.79 Å². The average Bonchev–Trinajstić information content (AvgIpc) is 2.93. The van der Waals surface area contributed by atoms with E-state index in [1.807, 2.05) is 12.1 Å². The highest BCUT2D eigenvalue weighted by atomic mass is 16.5. The van der Waals surface area contributed by atoms with E-state index >= 15 is 0 Å². The van der Waals surface area contributed by atoms with E-state index in [1.54, 1.807) is 6.92 Å². The Morgan fingerprint density at radius 3 is 2.11 bits per heavy atom. The molecule has 4 heteroatoms. The fourth-order valence-electron chi connectivity index (χ4n) is 5.51. The second-order valence-corrected chi connectivity index (χ2v) is 10.6. The molecule has 1 N–H and O–H groups in total. The number of ether oxygens (including phenoxy) is 2. The van der Waals surface area contributed by atoms with E-state index < -0.39 is 0 Å². The van der Waals surface area contributed by atoms with Crippen molar-refractivity contribution in [3.8, 4) is 16.9 Å². The van der Waals surface area contributed by atoms with Gasteiger partial charge in [-0.3, -0.25) is 0 Å². The van der Waals surface area contributed by atoms with Crippen molar-refractivity contribution in [2.45, 2.75) is 64.7 Å². The maximum absolute atomic E-state index is 11.7. The summed E-state index contributed by atoms with van der Waals surface area (Å²) >= 11 is 0. The Morgan fingerprint density at radius 2 is 1.50 bits per heavy atom. The zero-order chi connectivity index (χ0) is 27.1. The van der Waals surface area contributed by atoms with Crippen LogP contribution < -0.4 is 4.74 Å². The second kappa shape index (κ2) is 12.9. The zero-order valence-corrected chi connectivity index (χ0v) is 23.0. The summed E-state index contributed by atoms with van der Waals surface area (Å²) in [5.74, 6) is 1.64. The van der Waals surface area contributed by atoms with E-state index in [2.05, 4.69) is 69.0 Å². The highest BCUT2D eigenvalue weighted by Crippen LogP contribution is 2.41. The average molecular weight is 513 g/mol. The Balaban J connectivity index is 1.36. The van der Waals surface area contributed by atoms with Gasteiger partial charge in [0.15, 0.2) is 0 Å². The molecule has 1 aliphatic carbocycles. The van der Waals surface area contributed by atoms with Crippen LogP contribution in [0.5, 0.6) is 5.75 Å². The summed E-state index contributed by atoms with van der Waals surface area (Å²) in [5, 5.41) is 8.94. The van der Waals surface area contributed by atoms with Crippen LogP contribution in [-0.4, -0.2) is 30.9 Å². The lowest BCUT2D eigenvalue weighted by Gasteiger charge is -2.30. The van der Waals surface area contributed by atoms with Gasteiger partial charge in [0.05, 0.1) is 13.2 Å². The van der Waals surface area contributed by atoms with Gasteiger partial charge >= 0.3 is 5.97 Å². The zero-order valence-electron chi connectivity index (χ0n) is 23.0. The van der Waals surface area contributed by atoms with Gasteiger partial charge in [0, 0.05) is 12.0 Å². The minimum atomic E-state index is -0.317. The molecule has 0 atom stereocenters. The van der Waals surface area contributed by atoms with Gasteiger partial charge in [-0.05, 0) is 109 Å². The summed E-state index contributed by atoms with van der Waals surface area (Å²) in [6.07, 6.45) is 5.50. The largest absolute Gasteiger partial charge is 0.491 e. The molecule has 0 radical (unpaired) electrons. The lowest BCUT2D eigenvalue weighted by atomic mass is 9.75. The Hall–Kier alpha value is -3.37. The third kappa shape index (κ3) is 6.93. The number of hydrogen-bond acceptors (Lipinski definition) is 4. The van der Waals surface area contributed by atoms with Gasteiger partial charge in [-0.15, -0.1) is 0 Å². The van der Waals surface area contributed by atoms with Crippen molar-refractivity contribution in [3.63, 3.8) is 0 Å². The van der Waals surface area contributed by atoms with E-state index in [-0.39, 0.29) is 12.6 Å². The highest BCUT2D eigenvalue weighted by molar-refractivity contribution is 5.86. The molecule has 0 unspecified atom stereocenters. The quantitative estimate of drug-likeness (QED) is 0.226. The van der Waals surface area contributed by atoms with Crippen molar-refractivity contribution in [1.29, 1.82) is 0 Å². The molecule has 0 aromatic heterocycles. The summed E-state index contributed by atoms with van der Waals surface area (Å²) in [6.45, 7) is 10.4. The molecule has 1 fully saturated rings. The van der Waals surface area contributed by atoms with Crippen molar-refractivity contribution < 1.29 is 19.4 Å². The van der Waals surface area contributed by atoms with Crippen LogP contribution in [0, 0.1) is 13.8 Å². The van der Waals surface area contributed by atoms with Crippen LogP contribution in [0.1, 0.15) is 72.3 Å². The second-order valence-electron chi connectivity index (χ2n) is 10.6. The number of benzene rings is 3. The van der Waals surface area contributed by atoms with Crippen LogP contribution in [0.2, 0.25) is 0 Å². The molecule has 4 rings (SSSR count). The molecule has 0 bridgehead atoms. The van der Waals surface area contributed by atoms with E-state index in [0.717, 1.165) is 12.2 Å². The number of aliphatic hydroxyl groups is 1. The topological polar surface area (TPSA) is 55.8 Å². The molecule has 1 saturated carbocycles. The summed E-state index contributed by atoms with van der Waals surface area (Å²) in [7, 11) is 0. The van der Waals surface area contributed by atoms with Gasteiger partial charge in [0.1, 0.15) is 12.4 Å². The standard InChI is InChI=1S/C34H40O4/c1-23(2)34(36)38-19-17-29-22-31(6-5-24(29)3)27-9-7-26(8-10-27)30-13-16-33(25(4)21-30)28-11-14-32(15-12-28)37-20-18-35/h5-6,11-16,21-22,26-27,35H,1,7-10,17-20H2,2-4H3. The Labute approximate surface area is 227 Å². The van der Waals surface area contributed by atoms with Crippen molar-refractivity contribution in [2.75, 3.05) is 19.8 Å². The van der Waals surface area contributed by atoms with Gasteiger partial charge < -0.3 is 14.6 Å². The first kappa shape index (κ1) is 27.7. The molecule has 3 aromatic rings. The predicted octanol–water partition coefficient (Wildman–Crippen LogP) is 7.44. The monoisotopic (exact) mass is 512 g/mol. The molecule has 0 aliphatic heterocycles. The fraction of sp³-hybridized carbons (Fsp3) is 0.382. The van der Waals surface area contributed by atoms with Gasteiger partial charge in [0.25, 0.3) is 0 Å². The molecule has 0 heterocycles. The van der Waals surface area contributed by atoms with Gasteiger partial charge in [0.2, 0.25) is 0 Å². The maximum Gasteiger partial charge on any atom is 0.333 e. The molecule has 3 aromatic carbocycles. The van der Waals surface area contributed by atoms with Crippen LogP contribution in [0.4, 0.5) is 0 Å². The molecule has 38 heavy (non-hydrogen) atoms. The minimum absolute atomic E-state index is 0.0189. The predicted molar refractivity (Wildman–Crippen MR) is 154 cm³/mol. The third-order valence-electron chi connectivity index (χ3n) is 7.77. The number of carbonyl (C=O) groups excluding carboxylic acids is 1. The normalized spacial score (nSPS) is 17.2. The number of carbonyl (C=O) groups is 1. The maximum atomic E-state index is 11.7. The lowest BCUT2D eigenvalue weighted by Crippen LogP contribution is -2.13. The summed E-state index contributed by atoms with van der Waals surface area (Å²) in [5.41, 5.74) is 9.52. The third-order valence-corrected chi connectivity index (χ3v) is 7.77. The van der Waals surface area contributed by atoms with Gasteiger partial charge in [-0.1, -0.05) is 55.1 Å². The Bertz CT molecular complexity index is 1250. The van der Waals surface area contributed by atoms with Crippen molar-refractivity contribution >= 4 is 5.97 Å². The molecule has 0 spiro atoms. The highest BCUT2D eigenvalue weighted by Gasteiger charge is 2.24. The van der Waals surface area contributed by atoms with E-state index in [0.29, 0.717) is 30.6 Å². The summed E-state index contributed by atoms with van der Waals surface area (Å²) < 4.78 is 10.8. The Kier molecular flexibility index (Phi) is 9.41. The van der Waals surface area contributed by atoms with Crippen molar-refractivity contribution in [3.05, 3.63) is 101 Å². The van der Waals surface area contributed by atoms with Crippen LogP contribution in [0.15, 0.2) is 72.8 Å². The Morgan fingerprint density at radius 1 is 0.868 bits per heavy atom. The number of esters is 1. The summed E-state index contributed by atoms with van der Waals surface area (Å²) in [6, 6.07) is 21.8. The van der Waals surface area contributed by atoms with E-state index in [1.165, 1.54) is 64.6 Å². The lowest BCUT2D eigenvalue weighted by molar-refractivity contribution is -0.138. The van der Waals surface area contributed by atoms with Gasteiger partial charge in [-0.2, -0.15) is 0 Å². The molecule has 4 nitrogen and oxygen atoms in total. The first-order chi connectivity index (χ1) is 18.4. The number of aryl methyl sites for hydroxylation is 2. The molecule has 0 amide bonds. The molecular weight excluding hydrogens is 472 g/mol. The van der Waals surface area contributed by atoms with Crippen LogP contribution >= 0.6 is 0 Å². The molecule has 0 saturated heterocycles. The first-order valence-electron chi connectivity index (χ1n) is 13.7. The van der Waals surface area contributed by atoms with Crippen LogP contribution in [0.25, 0.3) is 11.1 Å². The molecule has 200 valence electrons. The first-order valence-corrected chi connectivity index (χ1v) is 13.7. The van der Waals surface area contributed by atoms with E-state index in [4.69, 9.17) is 14.6 Å².